The molecule has 1 aliphatic heterocycles. The van der Waals surface area contributed by atoms with Crippen LogP contribution < -0.4 is 21.1 Å². The number of benzene rings is 1. The van der Waals surface area contributed by atoms with Crippen molar-refractivity contribution < 1.29 is 23.5 Å². The van der Waals surface area contributed by atoms with Crippen LogP contribution in [-0.4, -0.2) is 54.2 Å². The largest absolute Gasteiger partial charge is 0.494 e. The Balaban J connectivity index is 0.00000105. The van der Waals surface area contributed by atoms with Gasteiger partial charge in [0.25, 0.3) is 0 Å². The van der Waals surface area contributed by atoms with Crippen molar-refractivity contribution in [2.45, 2.75) is 72.0 Å². The zero-order chi connectivity index (χ0) is 29.8. The van der Waals surface area contributed by atoms with Gasteiger partial charge in [-0.15, -0.1) is 11.3 Å². The number of likely N-dealkylation sites (tertiary alicyclic amines) is 1. The van der Waals surface area contributed by atoms with Crippen LogP contribution in [0.3, 0.4) is 0 Å². The number of piperidine rings is 1. The Bertz CT molecular complexity index is 1130. The summed E-state index contributed by atoms with van der Waals surface area (Å²) in [6.45, 7) is 10.3. The molecule has 40 heavy (non-hydrogen) atoms. The summed E-state index contributed by atoms with van der Waals surface area (Å²) >= 11 is 1.61. The molecule has 2 fully saturated rings. The molecule has 1 aliphatic carbocycles. The number of amides is 3. The monoisotopic (exact) mass is 575 g/mol. The zero-order valence-electron chi connectivity index (χ0n) is 23.9. The molecule has 0 spiro atoms. The van der Waals surface area contributed by atoms with Gasteiger partial charge in [-0.25, -0.2) is 4.39 Å². The number of rotatable bonds is 10. The first-order valence-corrected chi connectivity index (χ1v) is 14.6. The fourth-order valence-electron chi connectivity index (χ4n) is 4.86. The standard InChI is InChI=1S/C26H32FN3O4S.C2H6.CH4N2/c1-15-11-22(35-14-15)17(3)29-26(33)21-12-20-16(2)25(20)30(21)24(32)13-28-23(31)5-4-10-34-19-8-6-18(27)7-9-19;1-2;2-1-3/h6-9,11,14,16-17,20-21,25H,4-5,10,12-13H2,1-3H3,(H,28,31)(H,29,33);1-2H3;1H,(H3,2,3)/t16?,17-,20?,21?,25?;;/m1../s1. The minimum atomic E-state index is -0.502. The van der Waals surface area contributed by atoms with Crippen molar-refractivity contribution in [1.29, 1.82) is 5.41 Å². The molecular weight excluding hydrogens is 533 g/mol. The van der Waals surface area contributed by atoms with Gasteiger partial charge in [0.05, 0.1) is 25.5 Å². The van der Waals surface area contributed by atoms with E-state index in [0.29, 0.717) is 37.0 Å². The third kappa shape index (κ3) is 9.04. The van der Waals surface area contributed by atoms with Crippen LogP contribution in [0.1, 0.15) is 63.4 Å². The molecule has 4 unspecified atom stereocenters. The van der Waals surface area contributed by atoms with Crippen molar-refractivity contribution in [3.63, 3.8) is 0 Å². The molecule has 0 radical (unpaired) electrons. The molecule has 4 rings (SSSR count). The smallest absolute Gasteiger partial charge is 0.243 e. The summed E-state index contributed by atoms with van der Waals surface area (Å²) in [5, 5.41) is 13.7. The summed E-state index contributed by atoms with van der Waals surface area (Å²) < 4.78 is 18.4. The lowest BCUT2D eigenvalue weighted by atomic mass is 10.1. The van der Waals surface area contributed by atoms with Gasteiger partial charge >= 0.3 is 0 Å². The molecule has 0 bridgehead atoms. The summed E-state index contributed by atoms with van der Waals surface area (Å²) in [5.74, 6) is 0.310. The highest BCUT2D eigenvalue weighted by molar-refractivity contribution is 7.10. The predicted molar refractivity (Wildman–Crippen MR) is 156 cm³/mol. The fourth-order valence-corrected chi connectivity index (χ4v) is 5.76. The van der Waals surface area contributed by atoms with E-state index in [1.807, 2.05) is 27.7 Å². The average Bonchev–Trinajstić information content (AvgIpc) is 3.27. The molecule has 1 aromatic heterocycles. The van der Waals surface area contributed by atoms with Crippen LogP contribution in [0.25, 0.3) is 0 Å². The van der Waals surface area contributed by atoms with Crippen molar-refractivity contribution in [1.82, 2.24) is 15.5 Å². The van der Waals surface area contributed by atoms with Crippen LogP contribution in [-0.2, 0) is 14.4 Å². The number of thiophene rings is 1. The van der Waals surface area contributed by atoms with E-state index < -0.39 is 6.04 Å². The van der Waals surface area contributed by atoms with E-state index in [1.54, 1.807) is 16.2 Å². The second kappa shape index (κ2) is 16.0. The predicted octanol–water partition coefficient (Wildman–Crippen LogP) is 4.16. The Morgan fingerprint density at radius 2 is 1.93 bits per heavy atom. The summed E-state index contributed by atoms with van der Waals surface area (Å²) in [6.07, 6.45) is 2.08. The van der Waals surface area contributed by atoms with Gasteiger partial charge in [0.1, 0.15) is 17.6 Å². The Hall–Kier alpha value is -3.47. The number of carbonyl (C=O) groups excluding carboxylic acids is 3. The lowest BCUT2D eigenvalue weighted by molar-refractivity contribution is -0.140. The van der Waals surface area contributed by atoms with E-state index in [-0.39, 0.29) is 48.6 Å². The Kier molecular flexibility index (Phi) is 13.1. The van der Waals surface area contributed by atoms with Crippen molar-refractivity contribution in [3.05, 3.63) is 52.0 Å². The first-order valence-electron chi connectivity index (χ1n) is 13.7. The first-order chi connectivity index (χ1) is 19.2. The summed E-state index contributed by atoms with van der Waals surface area (Å²) in [5.41, 5.74) is 5.55. The summed E-state index contributed by atoms with van der Waals surface area (Å²) in [7, 11) is 0. The van der Waals surface area contributed by atoms with Gasteiger partial charge in [0, 0.05) is 17.3 Å². The molecule has 3 amide bonds. The second-order valence-corrected chi connectivity index (χ2v) is 10.6. The summed E-state index contributed by atoms with van der Waals surface area (Å²) in [6, 6.07) is 7.20. The SMILES string of the molecule is CC.Cc1csc([C@@H](C)NC(=O)C2CC3C(C)C3N2C(=O)CNC(=O)CCCOc2ccc(F)cc2)c1.N=CN. The van der Waals surface area contributed by atoms with E-state index in [1.165, 1.54) is 24.3 Å². The number of ether oxygens (including phenoxy) is 1. The lowest BCUT2D eigenvalue weighted by Gasteiger charge is -2.29. The number of hydrogen-bond donors (Lipinski definition) is 4. The van der Waals surface area contributed by atoms with Crippen LogP contribution >= 0.6 is 11.3 Å². The molecule has 11 heteroatoms. The van der Waals surface area contributed by atoms with Gasteiger partial charge in [0.2, 0.25) is 17.7 Å². The second-order valence-electron chi connectivity index (χ2n) is 9.67. The molecule has 5 atom stereocenters. The number of aryl methyl sites for hydroxylation is 1. The van der Waals surface area contributed by atoms with Gasteiger partial charge < -0.3 is 26.0 Å². The highest BCUT2D eigenvalue weighted by atomic mass is 32.1. The highest BCUT2D eigenvalue weighted by Gasteiger charge is 2.61. The van der Waals surface area contributed by atoms with Gasteiger partial charge in [-0.05, 0) is 79.8 Å². The molecule has 1 saturated carbocycles. The third-order valence-electron chi connectivity index (χ3n) is 6.86. The Labute approximate surface area is 240 Å². The van der Waals surface area contributed by atoms with Crippen molar-refractivity contribution >= 4 is 35.4 Å². The van der Waals surface area contributed by atoms with Crippen LogP contribution in [0.2, 0.25) is 0 Å². The van der Waals surface area contributed by atoms with Gasteiger partial charge in [-0.2, -0.15) is 0 Å². The highest BCUT2D eigenvalue weighted by Crippen LogP contribution is 2.53. The first kappa shape index (κ1) is 32.7. The number of carbonyl (C=O) groups is 3. The summed E-state index contributed by atoms with van der Waals surface area (Å²) in [4.78, 5) is 41.1. The Morgan fingerprint density at radius 3 is 2.52 bits per heavy atom. The van der Waals surface area contributed by atoms with Gasteiger partial charge in [-0.3, -0.25) is 19.8 Å². The third-order valence-corrected chi connectivity index (χ3v) is 8.09. The van der Waals surface area contributed by atoms with Crippen molar-refractivity contribution in [2.75, 3.05) is 13.2 Å². The van der Waals surface area contributed by atoms with E-state index in [2.05, 4.69) is 34.7 Å². The van der Waals surface area contributed by atoms with E-state index in [0.717, 1.165) is 16.8 Å². The number of hydrogen-bond acceptors (Lipinski definition) is 6. The van der Waals surface area contributed by atoms with Gasteiger partial charge in [0.15, 0.2) is 0 Å². The molecular formula is C29H42FN5O4S. The maximum Gasteiger partial charge on any atom is 0.243 e. The fraction of sp³-hybridized carbons (Fsp3) is 0.517. The maximum atomic E-state index is 13.0. The van der Waals surface area contributed by atoms with Crippen molar-refractivity contribution in [3.8, 4) is 5.75 Å². The zero-order valence-corrected chi connectivity index (χ0v) is 24.7. The minimum absolute atomic E-state index is 0.0681. The quantitative estimate of drug-likeness (QED) is 0.192. The number of halogens is 1. The van der Waals surface area contributed by atoms with Crippen LogP contribution in [0.5, 0.6) is 5.75 Å². The van der Waals surface area contributed by atoms with Crippen molar-refractivity contribution in [2.24, 2.45) is 17.6 Å². The molecule has 2 aliphatic rings. The number of nitrogens with zero attached hydrogens (tertiary/aromatic N) is 1. The average molecular weight is 576 g/mol. The maximum absolute atomic E-state index is 13.0. The topological polar surface area (TPSA) is 138 Å². The van der Waals surface area contributed by atoms with E-state index >= 15 is 0 Å². The number of fused-ring (bicyclic) bond motifs is 1. The minimum Gasteiger partial charge on any atom is -0.494 e. The Morgan fingerprint density at radius 1 is 1.27 bits per heavy atom. The number of nitrogens with one attached hydrogen (secondary N) is 3. The molecule has 9 nitrogen and oxygen atoms in total. The molecule has 2 heterocycles. The van der Waals surface area contributed by atoms with Crippen LogP contribution in [0.15, 0.2) is 35.7 Å². The van der Waals surface area contributed by atoms with Crippen LogP contribution in [0, 0.1) is 30.0 Å². The molecule has 1 saturated heterocycles. The normalized spacial score (nSPS) is 20.9. The molecule has 5 N–H and O–H groups in total. The van der Waals surface area contributed by atoms with Crippen LogP contribution in [0.4, 0.5) is 4.39 Å². The molecule has 2 aromatic rings. The van der Waals surface area contributed by atoms with E-state index in [9.17, 15) is 18.8 Å². The molecule has 1 aromatic carbocycles. The number of nitrogens with two attached hydrogens (primary N) is 1. The molecule has 220 valence electrons. The van der Waals surface area contributed by atoms with E-state index in [4.69, 9.17) is 10.1 Å². The van der Waals surface area contributed by atoms with Gasteiger partial charge in [-0.1, -0.05) is 20.8 Å². The lowest BCUT2D eigenvalue weighted by Crippen LogP contribution is -2.51.